The van der Waals surface area contributed by atoms with Gasteiger partial charge in [-0.15, -0.1) is 0 Å². The summed E-state index contributed by atoms with van der Waals surface area (Å²) in [4.78, 5) is 34.7. The van der Waals surface area contributed by atoms with Gasteiger partial charge in [0.1, 0.15) is 0 Å². The summed E-state index contributed by atoms with van der Waals surface area (Å²) in [5.41, 5.74) is 2.23. The second-order valence-electron chi connectivity index (χ2n) is 5.46. The third-order valence-electron chi connectivity index (χ3n) is 3.24. The van der Waals surface area contributed by atoms with E-state index in [1.54, 1.807) is 32.0 Å². The Hall–Kier alpha value is -2.37. The van der Waals surface area contributed by atoms with Crippen LogP contribution >= 0.6 is 0 Å². The lowest BCUT2D eigenvalue weighted by Gasteiger charge is -2.17. The first-order chi connectivity index (χ1) is 10.5. The molecule has 1 aliphatic heterocycles. The number of ether oxygens (including phenoxy) is 1. The van der Waals surface area contributed by atoms with Crippen molar-refractivity contribution in [2.45, 2.75) is 39.2 Å². The average Bonchev–Trinajstić information content (AvgIpc) is 2.45. The highest BCUT2D eigenvalue weighted by Gasteiger charge is 2.16. The zero-order valence-corrected chi connectivity index (χ0v) is 12.8. The van der Waals surface area contributed by atoms with Crippen LogP contribution in [0.25, 0.3) is 0 Å². The molecular weight excluding hydrogens is 284 g/mol. The maximum absolute atomic E-state index is 12.0. The first-order valence-electron chi connectivity index (χ1n) is 7.36. The van der Waals surface area contributed by atoms with Crippen molar-refractivity contribution in [2.75, 3.05) is 11.9 Å². The smallest absolute Gasteiger partial charge is 0.307 e. The molecule has 1 aromatic rings. The van der Waals surface area contributed by atoms with Gasteiger partial charge in [0.2, 0.25) is 5.91 Å². The Morgan fingerprint density at radius 1 is 1.32 bits per heavy atom. The minimum Gasteiger partial charge on any atom is -0.463 e. The lowest BCUT2D eigenvalue weighted by Crippen LogP contribution is -2.27. The average molecular weight is 304 g/mol. The SMILES string of the molecule is CC(C)OC(=O)CCNC(=O)c1ccc2c(c1)CCC(=O)N2. The Bertz CT molecular complexity index is 596. The van der Waals surface area contributed by atoms with Gasteiger partial charge < -0.3 is 15.4 Å². The molecule has 0 aromatic heterocycles. The Kier molecular flexibility index (Phi) is 5.14. The van der Waals surface area contributed by atoms with E-state index in [0.29, 0.717) is 18.4 Å². The van der Waals surface area contributed by atoms with Gasteiger partial charge in [0.15, 0.2) is 0 Å². The molecule has 1 heterocycles. The maximum Gasteiger partial charge on any atom is 0.307 e. The molecule has 0 atom stereocenters. The monoisotopic (exact) mass is 304 g/mol. The number of benzene rings is 1. The number of aryl methyl sites for hydroxylation is 1. The van der Waals surface area contributed by atoms with Crippen LogP contribution in [0.4, 0.5) is 5.69 Å². The minimum atomic E-state index is -0.330. The van der Waals surface area contributed by atoms with Crippen molar-refractivity contribution in [3.05, 3.63) is 29.3 Å². The van der Waals surface area contributed by atoms with Crippen molar-refractivity contribution in [3.63, 3.8) is 0 Å². The molecule has 0 aliphatic carbocycles. The lowest BCUT2D eigenvalue weighted by molar-refractivity contribution is -0.147. The van der Waals surface area contributed by atoms with Gasteiger partial charge in [-0.2, -0.15) is 0 Å². The summed E-state index contributed by atoms with van der Waals surface area (Å²) in [5.74, 6) is -0.575. The highest BCUT2D eigenvalue weighted by Crippen LogP contribution is 2.23. The van der Waals surface area contributed by atoms with Crippen LogP contribution in [-0.4, -0.2) is 30.4 Å². The van der Waals surface area contributed by atoms with Crippen molar-refractivity contribution in [1.82, 2.24) is 5.32 Å². The fourth-order valence-corrected chi connectivity index (χ4v) is 2.23. The Balaban J connectivity index is 1.88. The van der Waals surface area contributed by atoms with Gasteiger partial charge in [0.25, 0.3) is 5.91 Å². The summed E-state index contributed by atoms with van der Waals surface area (Å²) in [5, 5.41) is 5.46. The second-order valence-corrected chi connectivity index (χ2v) is 5.46. The molecule has 2 N–H and O–H groups in total. The molecule has 1 aromatic carbocycles. The van der Waals surface area contributed by atoms with Gasteiger partial charge in [-0.05, 0) is 44.0 Å². The molecule has 6 heteroatoms. The first-order valence-corrected chi connectivity index (χ1v) is 7.36. The largest absolute Gasteiger partial charge is 0.463 e. The van der Waals surface area contributed by atoms with Crippen LogP contribution in [-0.2, 0) is 20.7 Å². The number of hydrogen-bond donors (Lipinski definition) is 2. The predicted molar refractivity (Wildman–Crippen MR) is 81.6 cm³/mol. The number of amides is 2. The zero-order chi connectivity index (χ0) is 16.1. The molecule has 0 saturated heterocycles. The molecule has 118 valence electrons. The standard InChI is InChI=1S/C16H20N2O4/c1-10(2)22-15(20)7-8-17-16(21)12-3-5-13-11(9-12)4-6-14(19)18-13/h3,5,9-10H,4,6-8H2,1-2H3,(H,17,21)(H,18,19). The topological polar surface area (TPSA) is 84.5 Å². The van der Waals surface area contributed by atoms with Crippen molar-refractivity contribution in [1.29, 1.82) is 0 Å². The van der Waals surface area contributed by atoms with E-state index in [2.05, 4.69) is 10.6 Å². The van der Waals surface area contributed by atoms with Crippen LogP contribution in [0.1, 0.15) is 42.6 Å². The number of carbonyl (C=O) groups excluding carboxylic acids is 3. The number of anilines is 1. The van der Waals surface area contributed by atoms with E-state index >= 15 is 0 Å². The molecule has 0 bridgehead atoms. The fraction of sp³-hybridized carbons (Fsp3) is 0.438. The zero-order valence-electron chi connectivity index (χ0n) is 12.8. The molecule has 0 spiro atoms. The van der Waals surface area contributed by atoms with Crippen LogP contribution in [0, 0.1) is 0 Å². The number of fused-ring (bicyclic) bond motifs is 1. The van der Waals surface area contributed by atoms with E-state index in [4.69, 9.17) is 4.74 Å². The second kappa shape index (κ2) is 7.06. The molecule has 1 aliphatic rings. The molecule has 6 nitrogen and oxygen atoms in total. The quantitative estimate of drug-likeness (QED) is 0.810. The van der Waals surface area contributed by atoms with Crippen LogP contribution in [0.2, 0.25) is 0 Å². The lowest BCUT2D eigenvalue weighted by atomic mass is 10.00. The van der Waals surface area contributed by atoms with E-state index in [9.17, 15) is 14.4 Å². The van der Waals surface area contributed by atoms with Crippen molar-refractivity contribution >= 4 is 23.5 Å². The van der Waals surface area contributed by atoms with Gasteiger partial charge in [0, 0.05) is 24.2 Å². The first kappa shape index (κ1) is 16.0. The van der Waals surface area contributed by atoms with E-state index in [1.807, 2.05) is 0 Å². The molecule has 2 rings (SSSR count). The van der Waals surface area contributed by atoms with Gasteiger partial charge in [-0.1, -0.05) is 0 Å². The van der Waals surface area contributed by atoms with Gasteiger partial charge >= 0.3 is 5.97 Å². The summed E-state index contributed by atoms with van der Waals surface area (Å²) in [6.07, 6.45) is 1.05. The summed E-state index contributed by atoms with van der Waals surface area (Å²) < 4.78 is 4.99. The molecule has 0 unspecified atom stereocenters. The summed E-state index contributed by atoms with van der Waals surface area (Å²) in [7, 11) is 0. The normalized spacial score (nSPS) is 13.3. The number of rotatable bonds is 5. The van der Waals surface area contributed by atoms with Crippen LogP contribution in [0.3, 0.4) is 0 Å². The third-order valence-corrected chi connectivity index (χ3v) is 3.24. The number of nitrogens with one attached hydrogen (secondary N) is 2. The van der Waals surface area contributed by atoms with E-state index in [-0.39, 0.29) is 36.9 Å². The van der Waals surface area contributed by atoms with Crippen molar-refractivity contribution < 1.29 is 19.1 Å². The Labute approximate surface area is 129 Å². The minimum absolute atomic E-state index is 0.00614. The predicted octanol–water partition coefficient (Wildman–Crippen LogP) is 1.64. The fourth-order valence-electron chi connectivity index (χ4n) is 2.23. The molecule has 0 radical (unpaired) electrons. The number of hydrogen-bond acceptors (Lipinski definition) is 4. The van der Waals surface area contributed by atoms with Crippen molar-refractivity contribution in [2.24, 2.45) is 0 Å². The molecular formula is C16H20N2O4. The molecule has 0 fully saturated rings. The Morgan fingerprint density at radius 2 is 2.09 bits per heavy atom. The van der Waals surface area contributed by atoms with Crippen molar-refractivity contribution in [3.8, 4) is 0 Å². The molecule has 2 amide bonds. The van der Waals surface area contributed by atoms with Crippen LogP contribution in [0.5, 0.6) is 0 Å². The summed E-state index contributed by atoms with van der Waals surface area (Å²) in [6, 6.07) is 5.16. The number of esters is 1. The number of carbonyl (C=O) groups is 3. The van der Waals surface area contributed by atoms with Crippen LogP contribution in [0.15, 0.2) is 18.2 Å². The highest BCUT2D eigenvalue weighted by atomic mass is 16.5. The van der Waals surface area contributed by atoms with Gasteiger partial charge in [-0.3, -0.25) is 14.4 Å². The van der Waals surface area contributed by atoms with Gasteiger partial charge in [0.05, 0.1) is 12.5 Å². The molecule has 0 saturated carbocycles. The Morgan fingerprint density at radius 3 is 2.82 bits per heavy atom. The highest BCUT2D eigenvalue weighted by molar-refractivity contribution is 5.98. The van der Waals surface area contributed by atoms with E-state index < -0.39 is 0 Å². The summed E-state index contributed by atoms with van der Waals surface area (Å²) >= 11 is 0. The maximum atomic E-state index is 12.0. The van der Waals surface area contributed by atoms with Gasteiger partial charge in [-0.25, -0.2) is 0 Å². The van der Waals surface area contributed by atoms with E-state index in [1.165, 1.54) is 0 Å². The van der Waals surface area contributed by atoms with Crippen LogP contribution < -0.4 is 10.6 Å². The summed E-state index contributed by atoms with van der Waals surface area (Å²) in [6.45, 7) is 3.79. The molecule has 22 heavy (non-hydrogen) atoms. The third kappa shape index (κ3) is 4.31. The van der Waals surface area contributed by atoms with E-state index in [0.717, 1.165) is 11.3 Å².